The average molecular weight is 281 g/mol. The van der Waals surface area contributed by atoms with Gasteiger partial charge in [-0.3, -0.25) is 0 Å². The number of ether oxygens (including phenoxy) is 1. The van der Waals surface area contributed by atoms with E-state index in [9.17, 15) is 0 Å². The predicted molar refractivity (Wildman–Crippen MR) is 77.5 cm³/mol. The Bertz CT molecular complexity index is 457. The number of fused-ring (bicyclic) bond motifs is 1. The Hall–Kier alpha value is -0.680. The summed E-state index contributed by atoms with van der Waals surface area (Å²) in [4.78, 5) is 0. The van der Waals surface area contributed by atoms with Crippen LogP contribution >= 0.6 is 11.3 Å². The lowest BCUT2D eigenvalue weighted by molar-refractivity contribution is -0.0923. The highest BCUT2D eigenvalue weighted by Gasteiger charge is 2.59. The van der Waals surface area contributed by atoms with Crippen LogP contribution in [-0.4, -0.2) is 29.0 Å². The van der Waals surface area contributed by atoms with E-state index in [1.165, 1.54) is 6.42 Å². The van der Waals surface area contributed by atoms with Gasteiger partial charge in [-0.1, -0.05) is 39.0 Å². The molecule has 0 amide bonds. The van der Waals surface area contributed by atoms with Gasteiger partial charge in [-0.05, 0) is 12.3 Å². The number of hydrogen-bond acceptors (Lipinski definition) is 5. The van der Waals surface area contributed by atoms with Crippen LogP contribution in [0.2, 0.25) is 0 Å². The lowest BCUT2D eigenvalue weighted by Gasteiger charge is -2.54. The molecule has 19 heavy (non-hydrogen) atoms. The Balaban J connectivity index is 1.66. The van der Waals surface area contributed by atoms with Gasteiger partial charge < -0.3 is 10.1 Å². The van der Waals surface area contributed by atoms with Crippen molar-refractivity contribution in [2.75, 3.05) is 11.9 Å². The van der Waals surface area contributed by atoms with Crippen molar-refractivity contribution in [2.24, 2.45) is 17.3 Å². The third-order valence-corrected chi connectivity index (χ3v) is 5.31. The SMILES string of the molecule is CC(C)Cc1nnc(NC2C3CCOC3C2(C)C)s1. The second-order valence-electron chi connectivity index (χ2n) is 6.79. The summed E-state index contributed by atoms with van der Waals surface area (Å²) in [7, 11) is 0. The standard InChI is InChI=1S/C14H23N3OS/c1-8(2)7-10-16-17-13(19-10)15-11-9-5-6-18-12(9)14(11,3)4/h8-9,11-12H,5-7H2,1-4H3,(H,15,17). The van der Waals surface area contributed by atoms with Gasteiger partial charge in [0.1, 0.15) is 5.01 Å². The summed E-state index contributed by atoms with van der Waals surface area (Å²) < 4.78 is 5.82. The number of nitrogens with zero attached hydrogens (tertiary/aromatic N) is 2. The first-order valence-electron chi connectivity index (χ1n) is 7.19. The van der Waals surface area contributed by atoms with E-state index < -0.39 is 0 Å². The summed E-state index contributed by atoms with van der Waals surface area (Å²) in [6, 6.07) is 0.472. The zero-order chi connectivity index (χ0) is 13.6. The molecule has 106 valence electrons. The molecule has 3 unspecified atom stereocenters. The fraction of sp³-hybridized carbons (Fsp3) is 0.857. The van der Waals surface area contributed by atoms with Crippen LogP contribution in [-0.2, 0) is 11.2 Å². The second kappa shape index (κ2) is 4.70. The van der Waals surface area contributed by atoms with Crippen molar-refractivity contribution in [3.63, 3.8) is 0 Å². The molecular formula is C14H23N3OS. The van der Waals surface area contributed by atoms with Gasteiger partial charge in [-0.25, -0.2) is 0 Å². The third-order valence-electron chi connectivity index (χ3n) is 4.43. The van der Waals surface area contributed by atoms with Crippen LogP contribution in [0, 0.1) is 17.3 Å². The molecular weight excluding hydrogens is 258 g/mol. The van der Waals surface area contributed by atoms with E-state index in [0.29, 0.717) is 24.0 Å². The minimum Gasteiger partial charge on any atom is -0.377 e. The smallest absolute Gasteiger partial charge is 0.205 e. The molecule has 1 aliphatic heterocycles. The molecule has 4 nitrogen and oxygen atoms in total. The minimum atomic E-state index is 0.199. The Morgan fingerprint density at radius 2 is 2.21 bits per heavy atom. The van der Waals surface area contributed by atoms with Crippen molar-refractivity contribution in [3.05, 3.63) is 5.01 Å². The average Bonchev–Trinajstić information content (AvgIpc) is 2.92. The van der Waals surface area contributed by atoms with Gasteiger partial charge >= 0.3 is 0 Å². The van der Waals surface area contributed by atoms with E-state index in [4.69, 9.17) is 4.74 Å². The van der Waals surface area contributed by atoms with Crippen molar-refractivity contribution in [1.29, 1.82) is 0 Å². The van der Waals surface area contributed by atoms with Crippen LogP contribution in [0.25, 0.3) is 0 Å². The summed E-state index contributed by atoms with van der Waals surface area (Å²) >= 11 is 1.70. The van der Waals surface area contributed by atoms with Crippen molar-refractivity contribution in [2.45, 2.75) is 52.7 Å². The number of aromatic nitrogens is 2. The molecule has 2 heterocycles. The lowest BCUT2D eigenvalue weighted by Crippen LogP contribution is -2.63. The van der Waals surface area contributed by atoms with Gasteiger partial charge in [-0.2, -0.15) is 0 Å². The Labute approximate surface area is 119 Å². The monoisotopic (exact) mass is 281 g/mol. The van der Waals surface area contributed by atoms with Crippen LogP contribution in [0.5, 0.6) is 0 Å². The van der Waals surface area contributed by atoms with Crippen LogP contribution in [0.1, 0.15) is 39.1 Å². The normalized spacial score (nSPS) is 32.2. The topological polar surface area (TPSA) is 47.0 Å². The molecule has 0 aromatic carbocycles. The summed E-state index contributed by atoms with van der Waals surface area (Å²) in [6.45, 7) is 9.90. The van der Waals surface area contributed by atoms with Crippen LogP contribution in [0.4, 0.5) is 5.13 Å². The van der Waals surface area contributed by atoms with Crippen molar-refractivity contribution >= 4 is 16.5 Å². The van der Waals surface area contributed by atoms with Gasteiger partial charge in [0.05, 0.1) is 6.10 Å². The first-order valence-corrected chi connectivity index (χ1v) is 8.00. The van der Waals surface area contributed by atoms with Gasteiger partial charge in [0.2, 0.25) is 5.13 Å². The molecule has 1 saturated carbocycles. The summed E-state index contributed by atoms with van der Waals surface area (Å²) in [5.74, 6) is 1.28. The molecule has 1 aliphatic carbocycles. The first kappa shape index (κ1) is 13.3. The zero-order valence-electron chi connectivity index (χ0n) is 12.1. The van der Waals surface area contributed by atoms with E-state index in [1.54, 1.807) is 11.3 Å². The maximum Gasteiger partial charge on any atom is 0.205 e. The summed E-state index contributed by atoms with van der Waals surface area (Å²) in [5.41, 5.74) is 0.199. The van der Waals surface area contributed by atoms with E-state index in [-0.39, 0.29) is 5.41 Å². The van der Waals surface area contributed by atoms with Crippen molar-refractivity contribution in [3.8, 4) is 0 Å². The van der Waals surface area contributed by atoms with Gasteiger partial charge in [0.15, 0.2) is 0 Å². The molecule has 5 heteroatoms. The second-order valence-corrected chi connectivity index (χ2v) is 7.85. The largest absolute Gasteiger partial charge is 0.377 e. The van der Waals surface area contributed by atoms with E-state index in [1.807, 2.05) is 0 Å². The molecule has 0 bridgehead atoms. The quantitative estimate of drug-likeness (QED) is 0.921. The molecule has 1 N–H and O–H groups in total. The highest BCUT2D eigenvalue weighted by atomic mass is 32.1. The van der Waals surface area contributed by atoms with Crippen molar-refractivity contribution < 1.29 is 4.74 Å². The summed E-state index contributed by atoms with van der Waals surface area (Å²) in [6.07, 6.45) is 2.61. The highest BCUT2D eigenvalue weighted by Crippen LogP contribution is 2.53. The molecule has 2 aliphatic rings. The minimum absolute atomic E-state index is 0.199. The van der Waals surface area contributed by atoms with Crippen LogP contribution in [0.3, 0.4) is 0 Å². The van der Waals surface area contributed by atoms with E-state index in [2.05, 4.69) is 43.2 Å². The molecule has 1 saturated heterocycles. The van der Waals surface area contributed by atoms with Crippen molar-refractivity contribution in [1.82, 2.24) is 10.2 Å². The number of nitrogens with one attached hydrogen (secondary N) is 1. The maximum absolute atomic E-state index is 5.82. The predicted octanol–water partition coefficient (Wildman–Crippen LogP) is 2.96. The Kier molecular flexibility index (Phi) is 3.29. The number of rotatable bonds is 4. The fourth-order valence-corrected chi connectivity index (χ4v) is 4.48. The third kappa shape index (κ3) is 2.27. The molecule has 3 rings (SSSR count). The Morgan fingerprint density at radius 3 is 2.95 bits per heavy atom. The van der Waals surface area contributed by atoms with Gasteiger partial charge in [0, 0.05) is 30.4 Å². The fourth-order valence-electron chi connectivity index (χ4n) is 3.49. The molecule has 1 aromatic heterocycles. The van der Waals surface area contributed by atoms with Crippen LogP contribution < -0.4 is 5.32 Å². The Morgan fingerprint density at radius 1 is 1.42 bits per heavy atom. The molecule has 3 atom stereocenters. The molecule has 2 fully saturated rings. The first-order chi connectivity index (χ1) is 8.98. The lowest BCUT2D eigenvalue weighted by atomic mass is 9.57. The van der Waals surface area contributed by atoms with Gasteiger partial charge in [0.25, 0.3) is 0 Å². The maximum atomic E-state index is 5.82. The highest BCUT2D eigenvalue weighted by molar-refractivity contribution is 7.15. The molecule has 0 radical (unpaired) electrons. The number of hydrogen-bond donors (Lipinski definition) is 1. The molecule has 1 aromatic rings. The summed E-state index contributed by atoms with van der Waals surface area (Å²) in [5, 5.41) is 14.3. The van der Waals surface area contributed by atoms with E-state index >= 15 is 0 Å². The number of anilines is 1. The zero-order valence-corrected chi connectivity index (χ0v) is 13.0. The van der Waals surface area contributed by atoms with E-state index in [0.717, 1.165) is 23.2 Å². The van der Waals surface area contributed by atoms with Crippen LogP contribution in [0.15, 0.2) is 0 Å². The van der Waals surface area contributed by atoms with Gasteiger partial charge in [-0.15, -0.1) is 10.2 Å². The molecule has 0 spiro atoms.